The molecule has 0 aliphatic heterocycles. The van der Waals surface area contributed by atoms with Crippen LogP contribution in [0.1, 0.15) is 47.2 Å². The minimum atomic E-state index is -0.585. The predicted molar refractivity (Wildman–Crippen MR) is 237 cm³/mol. The third-order valence-electron chi connectivity index (χ3n) is 13.3. The maximum Gasteiger partial charge on any atom is 0.164 e. The van der Waals surface area contributed by atoms with Crippen LogP contribution in [0.15, 0.2) is 180 Å². The van der Waals surface area contributed by atoms with Crippen molar-refractivity contribution in [1.29, 1.82) is 0 Å². The maximum absolute atomic E-state index is 6.82. The van der Waals surface area contributed by atoms with Gasteiger partial charge in [-0.3, -0.25) is 0 Å². The quantitative estimate of drug-likeness (QED) is 0.180. The summed E-state index contributed by atoms with van der Waals surface area (Å²) in [5.41, 5.74) is 16.7. The van der Waals surface area contributed by atoms with Crippen LogP contribution >= 0.6 is 0 Å². The van der Waals surface area contributed by atoms with Crippen molar-refractivity contribution in [2.45, 2.75) is 24.7 Å². The van der Waals surface area contributed by atoms with E-state index in [1.54, 1.807) is 0 Å². The molecule has 0 saturated carbocycles. The second-order valence-corrected chi connectivity index (χ2v) is 16.7. The Morgan fingerprint density at radius 2 is 0.881 bits per heavy atom. The highest BCUT2D eigenvalue weighted by Gasteiger charge is 2.54. The SMILES string of the molecule is CC1(C)c2ccccc2-c2ccc(-c3nc(-c4ccc5c(c4)C4(c6ccccc6-c6ccccc64)c4c-5oc5ccccc45)nc(-c4ccc5ccccc5c4)n3)cc21. The van der Waals surface area contributed by atoms with Gasteiger partial charge >= 0.3 is 0 Å². The molecule has 0 N–H and O–H groups in total. The summed E-state index contributed by atoms with van der Waals surface area (Å²) in [7, 11) is 0. The number of rotatable bonds is 3. The Balaban J connectivity index is 1.06. The second-order valence-electron chi connectivity index (χ2n) is 16.7. The summed E-state index contributed by atoms with van der Waals surface area (Å²) in [6.45, 7) is 4.63. The Kier molecular flexibility index (Phi) is 6.41. The zero-order chi connectivity index (χ0) is 39.0. The third-order valence-corrected chi connectivity index (χ3v) is 13.3. The minimum Gasteiger partial charge on any atom is -0.456 e. The first-order valence-corrected chi connectivity index (χ1v) is 20.4. The number of fused-ring (bicyclic) bond motifs is 16. The number of furan rings is 1. The Morgan fingerprint density at radius 1 is 0.390 bits per heavy atom. The van der Waals surface area contributed by atoms with E-state index in [0.29, 0.717) is 17.5 Å². The van der Waals surface area contributed by atoms with E-state index in [2.05, 4.69) is 190 Å². The van der Waals surface area contributed by atoms with Crippen LogP contribution in [0.5, 0.6) is 0 Å². The molecular formula is C55H35N3O. The van der Waals surface area contributed by atoms with E-state index in [1.165, 1.54) is 61.0 Å². The van der Waals surface area contributed by atoms with Gasteiger partial charge in [-0.05, 0) is 85.1 Å². The summed E-state index contributed by atoms with van der Waals surface area (Å²) in [5.74, 6) is 2.85. The van der Waals surface area contributed by atoms with Crippen LogP contribution in [0.2, 0.25) is 0 Å². The fourth-order valence-electron chi connectivity index (χ4n) is 10.7. The molecule has 2 heterocycles. The molecule has 4 nitrogen and oxygen atoms in total. The van der Waals surface area contributed by atoms with Gasteiger partial charge in [0.1, 0.15) is 11.3 Å². The molecular weight excluding hydrogens is 719 g/mol. The van der Waals surface area contributed by atoms with Gasteiger partial charge in [-0.2, -0.15) is 0 Å². The molecule has 0 bridgehead atoms. The Labute approximate surface area is 341 Å². The Bertz CT molecular complexity index is 3400. The van der Waals surface area contributed by atoms with E-state index in [-0.39, 0.29) is 5.41 Å². The number of nitrogens with zero attached hydrogens (tertiary/aromatic N) is 3. The first-order chi connectivity index (χ1) is 29.0. The van der Waals surface area contributed by atoms with Gasteiger partial charge in [-0.25, -0.2) is 15.0 Å². The molecule has 8 aromatic carbocycles. The number of aromatic nitrogens is 3. The van der Waals surface area contributed by atoms with Gasteiger partial charge in [0.15, 0.2) is 17.5 Å². The van der Waals surface area contributed by atoms with Crippen molar-refractivity contribution in [2.24, 2.45) is 0 Å². The lowest BCUT2D eigenvalue weighted by Crippen LogP contribution is -2.25. The number of benzene rings is 8. The molecule has 0 unspecified atom stereocenters. The van der Waals surface area contributed by atoms with Gasteiger partial charge in [0, 0.05) is 38.6 Å². The highest BCUT2D eigenvalue weighted by molar-refractivity contribution is 6.02. The molecule has 10 aromatic rings. The molecule has 3 aliphatic carbocycles. The standard InChI is InChI=1S/C55H35N3O/c1-54(2)43-19-9-5-15-37(43)40-27-25-35(30-46(40)54)52-56-51(34-24-23-32-13-3-4-14-33(32)29-34)57-53(58-52)36-26-28-41-47(31-36)55(49-42-18-8-12-22-48(42)59-50(41)49)44-20-10-6-16-38(44)39-17-7-11-21-45(39)55/h3-31H,1-2H3. The second kappa shape index (κ2) is 11.6. The summed E-state index contributed by atoms with van der Waals surface area (Å²) in [4.78, 5) is 15.9. The van der Waals surface area contributed by atoms with Crippen molar-refractivity contribution in [2.75, 3.05) is 0 Å². The summed E-state index contributed by atoms with van der Waals surface area (Å²) in [5, 5.41) is 3.45. The topological polar surface area (TPSA) is 51.8 Å². The monoisotopic (exact) mass is 753 g/mol. The molecule has 4 heteroatoms. The summed E-state index contributed by atoms with van der Waals surface area (Å²) < 4.78 is 6.82. The van der Waals surface area contributed by atoms with Crippen molar-refractivity contribution in [1.82, 2.24) is 15.0 Å². The van der Waals surface area contributed by atoms with E-state index in [9.17, 15) is 0 Å². The average molecular weight is 754 g/mol. The van der Waals surface area contributed by atoms with Gasteiger partial charge in [0.05, 0.1) is 5.41 Å². The molecule has 0 atom stereocenters. The van der Waals surface area contributed by atoms with Crippen LogP contribution in [0.25, 0.3) is 89.5 Å². The number of hydrogen-bond donors (Lipinski definition) is 0. The third kappa shape index (κ3) is 4.30. The van der Waals surface area contributed by atoms with Gasteiger partial charge < -0.3 is 4.42 Å². The van der Waals surface area contributed by atoms with Gasteiger partial charge in [0.2, 0.25) is 0 Å². The molecule has 0 amide bonds. The van der Waals surface area contributed by atoms with E-state index >= 15 is 0 Å². The molecule has 13 rings (SSSR count). The minimum absolute atomic E-state index is 0.158. The van der Waals surface area contributed by atoms with Crippen LogP contribution in [0.4, 0.5) is 0 Å². The lowest BCUT2D eigenvalue weighted by Gasteiger charge is -2.30. The highest BCUT2D eigenvalue weighted by Crippen LogP contribution is 2.65. The molecule has 276 valence electrons. The van der Waals surface area contributed by atoms with Crippen LogP contribution < -0.4 is 0 Å². The van der Waals surface area contributed by atoms with Crippen molar-refractivity contribution < 1.29 is 4.42 Å². The van der Waals surface area contributed by atoms with Crippen LogP contribution in [-0.2, 0) is 10.8 Å². The normalized spacial score (nSPS) is 14.5. The summed E-state index contributed by atoms with van der Waals surface area (Å²) in [6, 6.07) is 63.3. The van der Waals surface area contributed by atoms with Crippen LogP contribution in [-0.4, -0.2) is 15.0 Å². The smallest absolute Gasteiger partial charge is 0.164 e. The fourth-order valence-corrected chi connectivity index (χ4v) is 10.7. The molecule has 0 fully saturated rings. The van der Waals surface area contributed by atoms with Crippen molar-refractivity contribution in [3.8, 4) is 67.7 Å². The van der Waals surface area contributed by atoms with Crippen molar-refractivity contribution in [3.05, 3.63) is 209 Å². The molecule has 59 heavy (non-hydrogen) atoms. The van der Waals surface area contributed by atoms with Crippen molar-refractivity contribution >= 4 is 21.7 Å². The first-order valence-electron chi connectivity index (χ1n) is 20.4. The van der Waals surface area contributed by atoms with E-state index in [0.717, 1.165) is 44.4 Å². The zero-order valence-electron chi connectivity index (χ0n) is 32.5. The molecule has 2 aromatic heterocycles. The highest BCUT2D eigenvalue weighted by atomic mass is 16.3. The van der Waals surface area contributed by atoms with Crippen LogP contribution in [0, 0.1) is 0 Å². The summed E-state index contributed by atoms with van der Waals surface area (Å²) in [6.07, 6.45) is 0. The first kappa shape index (κ1) is 32.6. The van der Waals surface area contributed by atoms with E-state index in [1.807, 2.05) is 0 Å². The molecule has 0 radical (unpaired) electrons. The number of hydrogen-bond acceptors (Lipinski definition) is 4. The van der Waals surface area contributed by atoms with Crippen molar-refractivity contribution in [3.63, 3.8) is 0 Å². The average Bonchev–Trinajstić information content (AvgIpc) is 3.97. The molecule has 1 spiro atoms. The lowest BCUT2D eigenvalue weighted by atomic mass is 9.70. The predicted octanol–water partition coefficient (Wildman–Crippen LogP) is 13.4. The molecule has 3 aliphatic rings. The molecule has 0 saturated heterocycles. The largest absolute Gasteiger partial charge is 0.456 e. The maximum atomic E-state index is 6.82. The van der Waals surface area contributed by atoms with Gasteiger partial charge in [-0.1, -0.05) is 166 Å². The van der Waals surface area contributed by atoms with Gasteiger partial charge in [0.25, 0.3) is 0 Å². The number of para-hydroxylation sites is 1. The van der Waals surface area contributed by atoms with Crippen LogP contribution in [0.3, 0.4) is 0 Å². The Hall–Kier alpha value is -7.43. The Morgan fingerprint density at radius 3 is 1.58 bits per heavy atom. The fraction of sp³-hybridized carbons (Fsp3) is 0.0727. The van der Waals surface area contributed by atoms with Gasteiger partial charge in [-0.15, -0.1) is 0 Å². The van der Waals surface area contributed by atoms with E-state index in [4.69, 9.17) is 19.4 Å². The lowest BCUT2D eigenvalue weighted by molar-refractivity contribution is 0.628. The van der Waals surface area contributed by atoms with E-state index < -0.39 is 5.41 Å². The zero-order valence-corrected chi connectivity index (χ0v) is 32.5. The summed E-state index contributed by atoms with van der Waals surface area (Å²) >= 11 is 0.